The highest BCUT2D eigenvalue weighted by Gasteiger charge is 2.19. The summed E-state index contributed by atoms with van der Waals surface area (Å²) in [5.41, 5.74) is 0. The van der Waals surface area contributed by atoms with E-state index in [0.717, 1.165) is 12.8 Å². The van der Waals surface area contributed by atoms with Crippen molar-refractivity contribution in [3.05, 3.63) is 12.1 Å². The molecule has 0 aliphatic carbocycles. The van der Waals surface area contributed by atoms with E-state index in [-0.39, 0.29) is 17.8 Å². The van der Waals surface area contributed by atoms with Crippen LogP contribution in [0.15, 0.2) is 12.1 Å². The van der Waals surface area contributed by atoms with E-state index < -0.39 is 12.2 Å². The lowest BCUT2D eigenvalue weighted by molar-refractivity contribution is 0.104. The lowest BCUT2D eigenvalue weighted by Crippen LogP contribution is -2.39. The second-order valence-electron chi connectivity index (χ2n) is 5.47. The van der Waals surface area contributed by atoms with E-state index in [1.807, 2.05) is 0 Å². The van der Waals surface area contributed by atoms with E-state index in [1.165, 1.54) is 17.0 Å². The van der Waals surface area contributed by atoms with Crippen molar-refractivity contribution < 1.29 is 29.7 Å². The zero-order valence-corrected chi connectivity index (χ0v) is 12.6. The van der Waals surface area contributed by atoms with Crippen molar-refractivity contribution >= 4 is 12.2 Å². The summed E-state index contributed by atoms with van der Waals surface area (Å²) in [6, 6.07) is 2.25. The van der Waals surface area contributed by atoms with E-state index in [1.54, 1.807) is 0 Å². The molecular formula is C14H21N3O6. The maximum absolute atomic E-state index is 11.9. The topological polar surface area (TPSA) is 124 Å². The Morgan fingerprint density at radius 3 is 2.35 bits per heavy atom. The van der Waals surface area contributed by atoms with Crippen molar-refractivity contribution in [2.24, 2.45) is 0 Å². The molecule has 1 saturated heterocycles. The summed E-state index contributed by atoms with van der Waals surface area (Å²) in [6.07, 6.45) is 1.79. The van der Waals surface area contributed by atoms with Crippen LogP contribution in [0.1, 0.15) is 32.1 Å². The van der Waals surface area contributed by atoms with Crippen LogP contribution in [-0.2, 0) is 0 Å². The largest absolute Gasteiger partial charge is 0.492 e. The molecule has 1 aliphatic rings. The molecule has 0 bridgehead atoms. The molecule has 2 rings (SSSR count). The van der Waals surface area contributed by atoms with Gasteiger partial charge in [0.05, 0.1) is 0 Å². The molecule has 9 nitrogen and oxygen atoms in total. The summed E-state index contributed by atoms with van der Waals surface area (Å²) in [5, 5.41) is 30.6. The van der Waals surface area contributed by atoms with Gasteiger partial charge in [-0.2, -0.15) is 0 Å². The number of carboxylic acid groups (broad SMARTS) is 1. The highest BCUT2D eigenvalue weighted by Crippen LogP contribution is 2.19. The van der Waals surface area contributed by atoms with Crippen molar-refractivity contribution in [3.8, 4) is 11.8 Å². The van der Waals surface area contributed by atoms with Crippen molar-refractivity contribution in [2.75, 3.05) is 13.1 Å². The van der Waals surface area contributed by atoms with Crippen molar-refractivity contribution in [1.29, 1.82) is 0 Å². The number of nitrogens with one attached hydrogen (secondary N) is 1. The van der Waals surface area contributed by atoms with Crippen LogP contribution < -0.4 is 10.2 Å². The Morgan fingerprint density at radius 2 is 1.70 bits per heavy atom. The number of carbonyl (C=O) groups is 2. The second-order valence-corrected chi connectivity index (χ2v) is 5.47. The Hall–Kier alpha value is -2.58. The van der Waals surface area contributed by atoms with Gasteiger partial charge >= 0.3 is 12.2 Å². The smallest absolute Gasteiger partial charge is 0.432 e. The molecule has 0 saturated carbocycles. The first-order valence-corrected chi connectivity index (χ1v) is 7.53. The van der Waals surface area contributed by atoms with E-state index in [2.05, 4.69) is 5.32 Å². The maximum atomic E-state index is 11.9. The summed E-state index contributed by atoms with van der Waals surface area (Å²) >= 11 is 0. The van der Waals surface area contributed by atoms with Gasteiger partial charge in [0, 0.05) is 31.3 Å². The van der Waals surface area contributed by atoms with Crippen LogP contribution in [0.25, 0.3) is 0 Å². The SMILES string of the molecule is O=C(NC1CCCCN(C(=O)O)CCC1)On1c(O)ccc1O. The molecule has 2 amide bonds. The molecule has 23 heavy (non-hydrogen) atoms. The summed E-state index contributed by atoms with van der Waals surface area (Å²) in [4.78, 5) is 29.1. The molecule has 9 heteroatoms. The monoisotopic (exact) mass is 327 g/mol. The zero-order chi connectivity index (χ0) is 16.8. The van der Waals surface area contributed by atoms with Crippen LogP contribution in [0.4, 0.5) is 9.59 Å². The predicted octanol–water partition coefficient (Wildman–Crippen LogP) is 1.35. The van der Waals surface area contributed by atoms with Gasteiger partial charge in [-0.3, -0.25) is 0 Å². The number of carbonyl (C=O) groups excluding carboxylic acids is 1. The molecule has 1 unspecified atom stereocenters. The van der Waals surface area contributed by atoms with Crippen LogP contribution in [0.5, 0.6) is 11.8 Å². The number of hydrogen-bond donors (Lipinski definition) is 4. The molecule has 2 heterocycles. The Balaban J connectivity index is 1.86. The van der Waals surface area contributed by atoms with E-state index in [0.29, 0.717) is 37.1 Å². The fourth-order valence-electron chi connectivity index (χ4n) is 2.59. The van der Waals surface area contributed by atoms with Crippen LogP contribution >= 0.6 is 0 Å². The third kappa shape index (κ3) is 4.70. The van der Waals surface area contributed by atoms with Gasteiger partial charge in [0.1, 0.15) is 0 Å². The summed E-state index contributed by atoms with van der Waals surface area (Å²) in [7, 11) is 0. The zero-order valence-electron chi connectivity index (χ0n) is 12.6. The van der Waals surface area contributed by atoms with Gasteiger partial charge in [-0.1, -0.05) is 0 Å². The van der Waals surface area contributed by atoms with Crippen LogP contribution in [-0.4, -0.2) is 56.3 Å². The van der Waals surface area contributed by atoms with Crippen molar-refractivity contribution in [3.63, 3.8) is 0 Å². The standard InChI is InChI=1S/C14H21N3O6/c18-11-6-7-12(19)17(11)23-13(20)15-10-4-1-2-8-16(14(21)22)9-3-5-10/h6-7,10,18-19H,1-5,8-9H2,(H,15,20)(H,21,22). The highest BCUT2D eigenvalue weighted by molar-refractivity contribution is 5.68. The molecule has 0 spiro atoms. The quantitative estimate of drug-likeness (QED) is 0.650. The molecule has 0 aromatic carbocycles. The average molecular weight is 327 g/mol. The first-order valence-electron chi connectivity index (χ1n) is 7.53. The van der Waals surface area contributed by atoms with Crippen LogP contribution in [0.2, 0.25) is 0 Å². The van der Waals surface area contributed by atoms with E-state index in [9.17, 15) is 19.8 Å². The minimum absolute atomic E-state index is 0.143. The van der Waals surface area contributed by atoms with E-state index >= 15 is 0 Å². The second kappa shape index (κ2) is 7.61. The van der Waals surface area contributed by atoms with Gasteiger partial charge in [0.15, 0.2) is 0 Å². The fraction of sp³-hybridized carbons (Fsp3) is 0.571. The highest BCUT2D eigenvalue weighted by atomic mass is 16.7. The van der Waals surface area contributed by atoms with Crippen molar-refractivity contribution in [1.82, 2.24) is 14.9 Å². The molecule has 1 aromatic heterocycles. The molecule has 1 aromatic rings. The number of nitrogens with zero attached hydrogens (tertiary/aromatic N) is 2. The summed E-state index contributed by atoms with van der Waals surface area (Å²) in [6.45, 7) is 0.930. The molecule has 128 valence electrons. The Bertz CT molecular complexity index is 539. The Kier molecular flexibility index (Phi) is 5.56. The molecule has 0 radical (unpaired) electrons. The maximum Gasteiger partial charge on any atom is 0.432 e. The number of aromatic nitrogens is 1. The van der Waals surface area contributed by atoms with Crippen LogP contribution in [0.3, 0.4) is 0 Å². The first kappa shape index (κ1) is 16.8. The summed E-state index contributed by atoms with van der Waals surface area (Å²) in [5.74, 6) is -0.770. The normalized spacial score (nSPS) is 19.3. The molecule has 4 N–H and O–H groups in total. The number of hydrogen-bond acceptors (Lipinski definition) is 5. The Morgan fingerprint density at radius 1 is 1.09 bits per heavy atom. The van der Waals surface area contributed by atoms with Gasteiger partial charge in [-0.25, -0.2) is 9.59 Å². The fourth-order valence-corrected chi connectivity index (χ4v) is 2.59. The van der Waals surface area contributed by atoms with Crippen molar-refractivity contribution in [2.45, 2.75) is 38.1 Å². The van der Waals surface area contributed by atoms with Gasteiger partial charge < -0.3 is 30.4 Å². The molecule has 1 atom stereocenters. The predicted molar refractivity (Wildman–Crippen MR) is 79.3 cm³/mol. The van der Waals surface area contributed by atoms with Crippen LogP contribution in [0, 0.1) is 0 Å². The molecule has 1 aliphatic heterocycles. The number of rotatable bonds is 2. The molecular weight excluding hydrogens is 306 g/mol. The van der Waals surface area contributed by atoms with Gasteiger partial charge in [0.25, 0.3) is 0 Å². The first-order chi connectivity index (χ1) is 11.0. The number of aromatic hydroxyl groups is 2. The van der Waals surface area contributed by atoms with Gasteiger partial charge in [0.2, 0.25) is 11.8 Å². The minimum atomic E-state index is -0.922. The van der Waals surface area contributed by atoms with Gasteiger partial charge in [-0.05, 0) is 32.1 Å². The van der Waals surface area contributed by atoms with Gasteiger partial charge in [-0.15, -0.1) is 4.73 Å². The third-order valence-corrected chi connectivity index (χ3v) is 3.78. The number of amides is 2. The lowest BCUT2D eigenvalue weighted by atomic mass is 10.1. The Labute approximate surface area is 133 Å². The third-order valence-electron chi connectivity index (χ3n) is 3.78. The minimum Gasteiger partial charge on any atom is -0.492 e. The molecule has 1 fully saturated rings. The average Bonchev–Trinajstić information content (AvgIpc) is 2.86. The summed E-state index contributed by atoms with van der Waals surface area (Å²) < 4.78 is 0.622. The lowest BCUT2D eigenvalue weighted by Gasteiger charge is -2.18. The van der Waals surface area contributed by atoms with E-state index in [4.69, 9.17) is 9.94 Å².